The van der Waals surface area contributed by atoms with Crippen LogP contribution in [0.2, 0.25) is 0 Å². The summed E-state index contributed by atoms with van der Waals surface area (Å²) >= 11 is 0. The second kappa shape index (κ2) is 18.5. The van der Waals surface area contributed by atoms with Crippen LogP contribution in [0, 0.1) is 0 Å². The molecule has 1 saturated carbocycles. The Balaban J connectivity index is 1.91. The van der Waals surface area contributed by atoms with Crippen LogP contribution in [0.15, 0.2) is 54.6 Å². The molecule has 3 unspecified atom stereocenters. The van der Waals surface area contributed by atoms with Crippen LogP contribution in [-0.2, 0) is 41.7 Å². The Bertz CT molecular complexity index is 1390. The van der Waals surface area contributed by atoms with Gasteiger partial charge in [0.25, 0.3) is 0 Å². The van der Waals surface area contributed by atoms with Gasteiger partial charge in [-0.2, -0.15) is 0 Å². The van der Waals surface area contributed by atoms with E-state index in [1.54, 1.807) is 17.0 Å². The Morgan fingerprint density at radius 1 is 0.625 bits per heavy atom. The van der Waals surface area contributed by atoms with E-state index in [-0.39, 0.29) is 25.1 Å². The molecule has 0 spiro atoms. The number of carbonyl (C=O) groups excluding carboxylic acids is 1. The summed E-state index contributed by atoms with van der Waals surface area (Å²) in [5.74, 6) is -6.88. The van der Waals surface area contributed by atoms with Crippen molar-refractivity contribution in [2.24, 2.45) is 0 Å². The number of aliphatic carboxylic acids is 5. The zero-order valence-electron chi connectivity index (χ0n) is 26.3. The van der Waals surface area contributed by atoms with E-state index in [4.69, 9.17) is 4.74 Å². The second-order valence-corrected chi connectivity index (χ2v) is 11.7. The van der Waals surface area contributed by atoms with Gasteiger partial charge < -0.3 is 30.3 Å². The predicted molar refractivity (Wildman–Crippen MR) is 168 cm³/mol. The lowest BCUT2D eigenvalue weighted by Gasteiger charge is -2.45. The quantitative estimate of drug-likeness (QED) is 0.126. The molecule has 260 valence electrons. The number of esters is 1. The van der Waals surface area contributed by atoms with Crippen LogP contribution >= 0.6 is 0 Å². The van der Waals surface area contributed by atoms with Gasteiger partial charge in [-0.3, -0.25) is 38.7 Å². The first-order valence-corrected chi connectivity index (χ1v) is 15.4. The van der Waals surface area contributed by atoms with Crippen molar-refractivity contribution in [2.75, 3.05) is 39.3 Å². The van der Waals surface area contributed by atoms with Crippen molar-refractivity contribution in [1.82, 2.24) is 14.7 Å². The smallest absolute Gasteiger partial charge is 0.338 e. The summed E-state index contributed by atoms with van der Waals surface area (Å²) in [4.78, 5) is 75.8. The molecule has 48 heavy (non-hydrogen) atoms. The van der Waals surface area contributed by atoms with Crippen molar-refractivity contribution in [2.45, 2.75) is 56.8 Å². The molecule has 2 aromatic carbocycles. The van der Waals surface area contributed by atoms with Crippen molar-refractivity contribution in [3.63, 3.8) is 0 Å². The Hall–Kier alpha value is -4.86. The van der Waals surface area contributed by atoms with E-state index in [1.807, 2.05) is 30.3 Å². The Morgan fingerprint density at radius 3 is 1.60 bits per heavy atom. The third-order valence-electron chi connectivity index (χ3n) is 8.16. The zero-order chi connectivity index (χ0) is 35.2. The van der Waals surface area contributed by atoms with Gasteiger partial charge in [-0.1, -0.05) is 55.3 Å². The molecule has 0 aromatic heterocycles. The molecule has 2 aromatic rings. The van der Waals surface area contributed by atoms with Crippen LogP contribution in [0.4, 0.5) is 0 Å². The highest BCUT2D eigenvalue weighted by molar-refractivity contribution is 5.89. The lowest BCUT2D eigenvalue weighted by Crippen LogP contribution is -2.59. The standard InChI is InChI=1S/C33H41N3O12/c37-28(38)16-34(17-29(39)40)25(14-22-10-12-24(13-11-22)33(47)48-21-23-6-2-1-3-7-23)15-35(18-30(41)42)26-8-4-5-9-27(26)36(19-31(43)44)20-32(45)46/h1-3,6-7,10-13,25-27H,4-5,8-9,14-21H2,(H,37,38)(H,39,40)(H,41,42)(H,43,44)(H,45,46). The van der Waals surface area contributed by atoms with E-state index < -0.39 is 86.7 Å². The van der Waals surface area contributed by atoms with E-state index in [2.05, 4.69) is 0 Å². The van der Waals surface area contributed by atoms with E-state index in [0.717, 1.165) is 5.56 Å². The molecule has 3 rings (SSSR count). The topological polar surface area (TPSA) is 223 Å². The number of ether oxygens (including phenoxy) is 1. The second-order valence-electron chi connectivity index (χ2n) is 11.7. The Kier molecular flexibility index (Phi) is 14.5. The molecule has 0 amide bonds. The van der Waals surface area contributed by atoms with Crippen LogP contribution in [0.1, 0.15) is 47.2 Å². The normalized spacial score (nSPS) is 16.8. The first-order valence-electron chi connectivity index (χ1n) is 15.4. The van der Waals surface area contributed by atoms with Gasteiger partial charge in [0.1, 0.15) is 6.61 Å². The maximum Gasteiger partial charge on any atom is 0.338 e. The third kappa shape index (κ3) is 12.4. The minimum absolute atomic E-state index is 0.0702. The number of benzene rings is 2. The van der Waals surface area contributed by atoms with Gasteiger partial charge in [-0.15, -0.1) is 0 Å². The summed E-state index contributed by atoms with van der Waals surface area (Å²) in [5, 5.41) is 48.1. The Labute approximate surface area is 276 Å². The van der Waals surface area contributed by atoms with Gasteiger partial charge in [-0.25, -0.2) is 4.79 Å². The molecule has 0 radical (unpaired) electrons. The predicted octanol–water partition coefficient (Wildman–Crippen LogP) is 1.59. The summed E-state index contributed by atoms with van der Waals surface area (Å²) in [6.07, 6.45) is 2.21. The highest BCUT2D eigenvalue weighted by Crippen LogP contribution is 2.28. The monoisotopic (exact) mass is 671 g/mol. The van der Waals surface area contributed by atoms with Gasteiger partial charge >= 0.3 is 35.8 Å². The number of carbonyl (C=O) groups is 6. The summed E-state index contributed by atoms with van der Waals surface area (Å²) in [6, 6.07) is 13.3. The van der Waals surface area contributed by atoms with Crippen LogP contribution in [0.3, 0.4) is 0 Å². The fraction of sp³-hybridized carbons (Fsp3) is 0.455. The zero-order valence-corrected chi connectivity index (χ0v) is 26.3. The fourth-order valence-corrected chi connectivity index (χ4v) is 6.17. The number of carboxylic acids is 5. The van der Waals surface area contributed by atoms with Gasteiger partial charge in [0.05, 0.1) is 38.3 Å². The minimum atomic E-state index is -1.30. The molecule has 0 bridgehead atoms. The number of carboxylic acid groups (broad SMARTS) is 5. The molecular weight excluding hydrogens is 630 g/mol. The lowest BCUT2D eigenvalue weighted by molar-refractivity contribution is -0.146. The van der Waals surface area contributed by atoms with E-state index in [1.165, 1.54) is 21.9 Å². The maximum atomic E-state index is 12.6. The van der Waals surface area contributed by atoms with Crippen molar-refractivity contribution in [3.05, 3.63) is 71.3 Å². The van der Waals surface area contributed by atoms with E-state index >= 15 is 0 Å². The molecule has 0 saturated heterocycles. The first-order chi connectivity index (χ1) is 22.8. The summed E-state index contributed by atoms with van der Waals surface area (Å²) < 4.78 is 5.38. The molecule has 3 atom stereocenters. The van der Waals surface area contributed by atoms with Crippen molar-refractivity contribution < 1.29 is 59.0 Å². The maximum absolute atomic E-state index is 12.6. The average molecular weight is 672 g/mol. The molecule has 0 heterocycles. The third-order valence-corrected chi connectivity index (χ3v) is 8.16. The minimum Gasteiger partial charge on any atom is -0.480 e. The van der Waals surface area contributed by atoms with Crippen LogP contribution in [-0.4, -0.2) is 133 Å². The lowest BCUT2D eigenvalue weighted by atomic mass is 9.87. The van der Waals surface area contributed by atoms with Crippen molar-refractivity contribution >= 4 is 35.8 Å². The van der Waals surface area contributed by atoms with Gasteiger partial charge in [-0.05, 0) is 42.5 Å². The van der Waals surface area contributed by atoms with Crippen molar-refractivity contribution in [3.8, 4) is 0 Å². The van der Waals surface area contributed by atoms with Gasteiger partial charge in [0.2, 0.25) is 0 Å². The van der Waals surface area contributed by atoms with E-state index in [9.17, 15) is 54.3 Å². The molecular formula is C33H41N3O12. The molecule has 5 N–H and O–H groups in total. The average Bonchev–Trinajstić information content (AvgIpc) is 3.02. The van der Waals surface area contributed by atoms with Crippen LogP contribution < -0.4 is 0 Å². The number of rotatable bonds is 20. The first kappa shape index (κ1) is 37.6. The largest absolute Gasteiger partial charge is 0.480 e. The van der Waals surface area contributed by atoms with Crippen LogP contribution in [0.25, 0.3) is 0 Å². The van der Waals surface area contributed by atoms with Crippen LogP contribution in [0.5, 0.6) is 0 Å². The SMILES string of the molecule is O=C(O)CN(CC(=O)O)C(Cc1ccc(C(=O)OCc2ccccc2)cc1)CN(CC(=O)O)C1CCCCC1N(CC(=O)O)CC(=O)O. The molecule has 15 nitrogen and oxygen atoms in total. The highest BCUT2D eigenvalue weighted by atomic mass is 16.5. The molecule has 1 aliphatic rings. The van der Waals surface area contributed by atoms with Crippen molar-refractivity contribution in [1.29, 1.82) is 0 Å². The summed E-state index contributed by atoms with van der Waals surface area (Å²) in [6.45, 7) is -3.08. The number of hydrogen-bond donors (Lipinski definition) is 5. The molecule has 15 heteroatoms. The number of hydrogen-bond acceptors (Lipinski definition) is 10. The highest BCUT2D eigenvalue weighted by Gasteiger charge is 2.38. The number of nitrogens with zero attached hydrogens (tertiary/aromatic N) is 3. The Morgan fingerprint density at radius 2 is 1.10 bits per heavy atom. The molecule has 1 aliphatic carbocycles. The fourth-order valence-electron chi connectivity index (χ4n) is 6.17. The molecule has 0 aliphatic heterocycles. The van der Waals surface area contributed by atoms with Gasteiger partial charge in [0.15, 0.2) is 0 Å². The van der Waals surface area contributed by atoms with E-state index in [0.29, 0.717) is 31.2 Å². The summed E-state index contributed by atoms with van der Waals surface area (Å²) in [5.41, 5.74) is 1.67. The van der Waals surface area contributed by atoms with Gasteiger partial charge in [0, 0.05) is 24.7 Å². The molecule has 1 fully saturated rings. The summed E-state index contributed by atoms with van der Waals surface area (Å²) in [7, 11) is 0.